The summed E-state index contributed by atoms with van der Waals surface area (Å²) in [6.07, 6.45) is 4.93. The zero-order valence-electron chi connectivity index (χ0n) is 18.8. The molecule has 1 saturated heterocycles. The Hall–Kier alpha value is -3.15. The van der Waals surface area contributed by atoms with E-state index in [2.05, 4.69) is 0 Å². The van der Waals surface area contributed by atoms with E-state index in [1.807, 2.05) is 32.0 Å². The summed E-state index contributed by atoms with van der Waals surface area (Å²) in [4.78, 5) is 43.0. The number of carbonyl (C=O) groups is 3. The van der Waals surface area contributed by atoms with Crippen LogP contribution in [-0.2, 0) is 9.59 Å². The topological polar surface area (TPSA) is 66.9 Å². The highest BCUT2D eigenvalue weighted by Gasteiger charge is 2.46. The summed E-state index contributed by atoms with van der Waals surface area (Å²) in [6, 6.07) is 13.6. The van der Waals surface area contributed by atoms with Gasteiger partial charge in [0.05, 0.1) is 18.7 Å². The van der Waals surface area contributed by atoms with Crippen molar-refractivity contribution in [1.29, 1.82) is 0 Å². The van der Waals surface area contributed by atoms with Gasteiger partial charge >= 0.3 is 0 Å². The van der Waals surface area contributed by atoms with Crippen LogP contribution in [0.1, 0.15) is 61.4 Å². The Labute approximate surface area is 189 Å². The van der Waals surface area contributed by atoms with Crippen molar-refractivity contribution >= 4 is 23.4 Å². The Morgan fingerprint density at radius 3 is 2.44 bits per heavy atom. The van der Waals surface area contributed by atoms with Crippen molar-refractivity contribution < 1.29 is 19.1 Å². The number of imide groups is 1. The zero-order valence-corrected chi connectivity index (χ0v) is 18.8. The van der Waals surface area contributed by atoms with E-state index in [1.165, 1.54) is 4.90 Å². The van der Waals surface area contributed by atoms with Crippen LogP contribution < -0.4 is 9.64 Å². The van der Waals surface area contributed by atoms with E-state index < -0.39 is 6.04 Å². The molecule has 0 aromatic heterocycles. The van der Waals surface area contributed by atoms with Crippen LogP contribution in [0, 0.1) is 6.92 Å². The Morgan fingerprint density at radius 1 is 1.06 bits per heavy atom. The molecule has 2 aromatic carbocycles. The first kappa shape index (κ1) is 22.1. The van der Waals surface area contributed by atoms with Crippen LogP contribution in [-0.4, -0.2) is 41.3 Å². The van der Waals surface area contributed by atoms with Gasteiger partial charge in [-0.1, -0.05) is 37.0 Å². The van der Waals surface area contributed by atoms with Gasteiger partial charge in [0.1, 0.15) is 11.8 Å². The van der Waals surface area contributed by atoms with E-state index in [0.717, 1.165) is 37.7 Å². The number of rotatable bonds is 6. The predicted octanol–water partition coefficient (Wildman–Crippen LogP) is 4.50. The molecule has 1 aliphatic carbocycles. The van der Waals surface area contributed by atoms with Crippen molar-refractivity contribution in [2.75, 3.05) is 11.5 Å². The van der Waals surface area contributed by atoms with E-state index in [4.69, 9.17) is 4.74 Å². The van der Waals surface area contributed by atoms with Gasteiger partial charge in [0.25, 0.3) is 11.8 Å². The molecule has 0 spiro atoms. The lowest BCUT2D eigenvalue weighted by Crippen LogP contribution is -2.51. The Balaban J connectivity index is 1.64. The number of hydrogen-bond acceptors (Lipinski definition) is 4. The van der Waals surface area contributed by atoms with Crippen molar-refractivity contribution in [1.82, 2.24) is 4.90 Å². The molecule has 4 rings (SSSR count). The first-order valence-electron chi connectivity index (χ1n) is 11.5. The highest BCUT2D eigenvalue weighted by Crippen LogP contribution is 2.32. The average Bonchev–Trinajstić information content (AvgIpc) is 3.09. The molecular formula is C26H30N2O4. The van der Waals surface area contributed by atoms with Crippen LogP contribution in [0.2, 0.25) is 0 Å². The normalized spacial score (nSPS) is 19.3. The van der Waals surface area contributed by atoms with Crippen LogP contribution >= 0.6 is 0 Å². The van der Waals surface area contributed by atoms with Crippen molar-refractivity contribution in [2.45, 2.75) is 64.5 Å². The van der Waals surface area contributed by atoms with Gasteiger partial charge in [-0.25, -0.2) is 4.90 Å². The molecule has 0 radical (unpaired) electrons. The summed E-state index contributed by atoms with van der Waals surface area (Å²) in [5.74, 6) is -0.0848. The number of amides is 3. The summed E-state index contributed by atoms with van der Waals surface area (Å²) >= 11 is 0. The zero-order chi connectivity index (χ0) is 22.7. The SMILES string of the molecule is CCOc1ccc(N2C(=O)CC(N(C(=O)c3cccc(C)c3)C3CCCCC3)C2=O)cc1. The van der Waals surface area contributed by atoms with Gasteiger partial charge in [0, 0.05) is 11.6 Å². The van der Waals surface area contributed by atoms with E-state index in [-0.39, 0.29) is 30.2 Å². The van der Waals surface area contributed by atoms with Crippen molar-refractivity contribution in [3.63, 3.8) is 0 Å². The van der Waals surface area contributed by atoms with Gasteiger partial charge in [-0.2, -0.15) is 0 Å². The number of carbonyl (C=O) groups excluding carboxylic acids is 3. The molecule has 6 heteroatoms. The molecule has 2 aromatic rings. The number of anilines is 1. The molecule has 168 valence electrons. The molecule has 6 nitrogen and oxygen atoms in total. The van der Waals surface area contributed by atoms with Gasteiger partial charge in [0.15, 0.2) is 0 Å². The molecule has 1 unspecified atom stereocenters. The van der Waals surface area contributed by atoms with Gasteiger partial charge in [-0.15, -0.1) is 0 Å². The van der Waals surface area contributed by atoms with Crippen LogP contribution in [0.5, 0.6) is 5.75 Å². The highest BCUT2D eigenvalue weighted by molar-refractivity contribution is 6.23. The van der Waals surface area contributed by atoms with Gasteiger partial charge in [-0.3, -0.25) is 14.4 Å². The summed E-state index contributed by atoms with van der Waals surface area (Å²) in [5.41, 5.74) is 2.07. The molecule has 2 aliphatic rings. The Bertz CT molecular complexity index is 995. The molecule has 32 heavy (non-hydrogen) atoms. The van der Waals surface area contributed by atoms with Crippen molar-refractivity contribution in [3.05, 3.63) is 59.7 Å². The highest BCUT2D eigenvalue weighted by atomic mass is 16.5. The van der Waals surface area contributed by atoms with Crippen LogP contribution in [0.25, 0.3) is 0 Å². The Kier molecular flexibility index (Phi) is 6.58. The molecule has 1 aliphatic heterocycles. The second-order valence-electron chi connectivity index (χ2n) is 8.59. The van der Waals surface area contributed by atoms with Gasteiger partial charge in [-0.05, 0) is 63.1 Å². The maximum atomic E-state index is 13.6. The molecule has 1 saturated carbocycles. The smallest absolute Gasteiger partial charge is 0.257 e. The number of benzene rings is 2. The maximum absolute atomic E-state index is 13.6. The lowest BCUT2D eigenvalue weighted by molar-refractivity contribution is -0.123. The lowest BCUT2D eigenvalue weighted by atomic mass is 9.92. The lowest BCUT2D eigenvalue weighted by Gasteiger charge is -2.37. The molecule has 0 N–H and O–H groups in total. The maximum Gasteiger partial charge on any atom is 0.257 e. The molecule has 0 bridgehead atoms. The van der Waals surface area contributed by atoms with Gasteiger partial charge < -0.3 is 9.64 Å². The van der Waals surface area contributed by atoms with Crippen LogP contribution in [0.15, 0.2) is 48.5 Å². The van der Waals surface area contributed by atoms with Crippen molar-refractivity contribution in [3.8, 4) is 5.75 Å². The fourth-order valence-corrected chi connectivity index (χ4v) is 4.81. The average molecular weight is 435 g/mol. The van der Waals surface area contributed by atoms with E-state index >= 15 is 0 Å². The third kappa shape index (κ3) is 4.40. The molecule has 3 amide bonds. The number of nitrogens with zero attached hydrogens (tertiary/aromatic N) is 2. The molecule has 1 atom stereocenters. The number of hydrogen-bond donors (Lipinski definition) is 0. The first-order valence-corrected chi connectivity index (χ1v) is 11.5. The standard InChI is InChI=1S/C26H30N2O4/c1-3-32-22-14-12-21(13-15-22)28-24(29)17-23(26(28)31)27(20-10-5-4-6-11-20)25(30)19-9-7-8-18(2)16-19/h7-9,12-16,20,23H,3-6,10-11,17H2,1-2H3. The van der Waals surface area contributed by atoms with E-state index in [1.54, 1.807) is 35.2 Å². The van der Waals surface area contributed by atoms with Crippen LogP contribution in [0.4, 0.5) is 5.69 Å². The predicted molar refractivity (Wildman–Crippen MR) is 123 cm³/mol. The second-order valence-corrected chi connectivity index (χ2v) is 8.59. The third-order valence-electron chi connectivity index (χ3n) is 6.33. The fraction of sp³-hybridized carbons (Fsp3) is 0.423. The minimum absolute atomic E-state index is 0.0140. The minimum Gasteiger partial charge on any atom is -0.494 e. The quantitative estimate of drug-likeness (QED) is 0.628. The Morgan fingerprint density at radius 2 is 1.78 bits per heavy atom. The van der Waals surface area contributed by atoms with E-state index in [0.29, 0.717) is 23.6 Å². The summed E-state index contributed by atoms with van der Waals surface area (Å²) in [7, 11) is 0. The third-order valence-corrected chi connectivity index (χ3v) is 6.33. The van der Waals surface area contributed by atoms with Crippen LogP contribution in [0.3, 0.4) is 0 Å². The molecular weight excluding hydrogens is 404 g/mol. The fourth-order valence-electron chi connectivity index (χ4n) is 4.81. The van der Waals surface area contributed by atoms with E-state index in [9.17, 15) is 14.4 Å². The summed E-state index contributed by atoms with van der Waals surface area (Å²) < 4.78 is 5.46. The first-order chi connectivity index (χ1) is 15.5. The largest absolute Gasteiger partial charge is 0.494 e. The summed E-state index contributed by atoms with van der Waals surface area (Å²) in [6.45, 7) is 4.39. The van der Waals surface area contributed by atoms with Crippen molar-refractivity contribution in [2.24, 2.45) is 0 Å². The monoisotopic (exact) mass is 434 g/mol. The summed E-state index contributed by atoms with van der Waals surface area (Å²) in [5, 5.41) is 0. The van der Waals surface area contributed by atoms with Gasteiger partial charge in [0.2, 0.25) is 5.91 Å². The second kappa shape index (κ2) is 9.55. The molecule has 2 fully saturated rings. The molecule has 1 heterocycles. The minimum atomic E-state index is -0.773. The number of aryl methyl sites for hydroxylation is 1. The number of ether oxygens (including phenoxy) is 1.